The van der Waals surface area contributed by atoms with Crippen LogP contribution in [0.2, 0.25) is 0 Å². The van der Waals surface area contributed by atoms with Gasteiger partial charge >= 0.3 is 6.03 Å². The molecule has 3 rings (SSSR count). The molecular formula is C19H25N3O3. The van der Waals surface area contributed by atoms with E-state index in [4.69, 9.17) is 0 Å². The summed E-state index contributed by atoms with van der Waals surface area (Å²) in [6.45, 7) is 5.64. The number of carbonyl (C=O) groups is 3. The summed E-state index contributed by atoms with van der Waals surface area (Å²) in [6, 6.07) is 5.19. The highest BCUT2D eigenvalue weighted by Crippen LogP contribution is 2.38. The average Bonchev–Trinajstić information content (AvgIpc) is 2.80. The van der Waals surface area contributed by atoms with Gasteiger partial charge in [0.2, 0.25) is 5.91 Å². The molecule has 0 aromatic heterocycles. The molecule has 4 amide bonds. The molecule has 2 N–H and O–H groups in total. The number of rotatable bonds is 3. The van der Waals surface area contributed by atoms with Crippen LogP contribution < -0.4 is 10.6 Å². The summed E-state index contributed by atoms with van der Waals surface area (Å²) >= 11 is 0. The van der Waals surface area contributed by atoms with Gasteiger partial charge < -0.3 is 10.6 Å². The smallest absolute Gasteiger partial charge is 0.324 e. The molecule has 6 heteroatoms. The Balaban J connectivity index is 1.72. The first-order chi connectivity index (χ1) is 11.8. The molecule has 1 saturated carbocycles. The van der Waals surface area contributed by atoms with Gasteiger partial charge in [-0.25, -0.2) is 4.79 Å². The maximum atomic E-state index is 12.9. The van der Waals surface area contributed by atoms with E-state index in [-0.39, 0.29) is 24.3 Å². The largest absolute Gasteiger partial charge is 0.325 e. The van der Waals surface area contributed by atoms with Crippen LogP contribution in [-0.4, -0.2) is 34.8 Å². The fraction of sp³-hybridized carbons (Fsp3) is 0.526. The summed E-state index contributed by atoms with van der Waals surface area (Å²) < 4.78 is 0. The van der Waals surface area contributed by atoms with E-state index >= 15 is 0 Å². The van der Waals surface area contributed by atoms with E-state index in [1.807, 2.05) is 39.0 Å². The van der Waals surface area contributed by atoms with Gasteiger partial charge in [-0.1, -0.05) is 31.9 Å². The van der Waals surface area contributed by atoms with Gasteiger partial charge in [0, 0.05) is 5.69 Å². The predicted molar refractivity (Wildman–Crippen MR) is 95.2 cm³/mol. The Hall–Kier alpha value is -2.37. The minimum absolute atomic E-state index is 0.0878. The molecule has 1 aromatic carbocycles. The van der Waals surface area contributed by atoms with Gasteiger partial charge in [-0.3, -0.25) is 14.5 Å². The topological polar surface area (TPSA) is 78.5 Å². The van der Waals surface area contributed by atoms with E-state index in [1.54, 1.807) is 0 Å². The van der Waals surface area contributed by atoms with E-state index in [2.05, 4.69) is 10.6 Å². The number of hydrogen-bond donors (Lipinski definition) is 2. The third kappa shape index (κ3) is 3.01. The highest BCUT2D eigenvalue weighted by Gasteiger charge is 2.55. The van der Waals surface area contributed by atoms with Crippen LogP contribution in [-0.2, 0) is 9.59 Å². The summed E-state index contributed by atoms with van der Waals surface area (Å²) in [7, 11) is 0. The Bertz CT molecular complexity index is 731. The van der Waals surface area contributed by atoms with E-state index in [0.717, 1.165) is 35.3 Å². The average molecular weight is 343 g/mol. The van der Waals surface area contributed by atoms with Gasteiger partial charge in [0.25, 0.3) is 5.91 Å². The number of nitrogens with one attached hydrogen (secondary N) is 2. The zero-order valence-electron chi connectivity index (χ0n) is 15.0. The molecule has 25 heavy (non-hydrogen) atoms. The lowest BCUT2D eigenvalue weighted by Gasteiger charge is -2.36. The Labute approximate surface area is 148 Å². The highest BCUT2D eigenvalue weighted by atomic mass is 16.2. The van der Waals surface area contributed by atoms with Crippen LogP contribution in [0.25, 0.3) is 0 Å². The van der Waals surface area contributed by atoms with Gasteiger partial charge in [-0.15, -0.1) is 0 Å². The second-order valence-corrected chi connectivity index (χ2v) is 7.24. The zero-order chi connectivity index (χ0) is 18.2. The minimum Gasteiger partial charge on any atom is -0.324 e. The van der Waals surface area contributed by atoms with Crippen molar-refractivity contribution in [3.63, 3.8) is 0 Å². The number of aryl methyl sites for hydroxylation is 1. The van der Waals surface area contributed by atoms with Gasteiger partial charge in [0.15, 0.2) is 0 Å². The van der Waals surface area contributed by atoms with Crippen molar-refractivity contribution in [2.45, 2.75) is 52.0 Å². The molecule has 0 bridgehead atoms. The maximum absolute atomic E-state index is 12.9. The Morgan fingerprint density at radius 1 is 1.32 bits per heavy atom. The summed E-state index contributed by atoms with van der Waals surface area (Å²) in [5.41, 5.74) is 1.93. The Kier molecular flexibility index (Phi) is 4.54. The molecule has 1 spiro atoms. The van der Waals surface area contributed by atoms with E-state index in [1.165, 1.54) is 0 Å². The molecule has 1 heterocycles. The fourth-order valence-electron chi connectivity index (χ4n) is 3.86. The summed E-state index contributed by atoms with van der Waals surface area (Å²) in [5, 5.41) is 5.67. The number of hydrogen-bond acceptors (Lipinski definition) is 3. The molecule has 0 radical (unpaired) electrons. The molecule has 1 aromatic rings. The second kappa shape index (κ2) is 6.50. The van der Waals surface area contributed by atoms with Crippen LogP contribution in [0.1, 0.15) is 43.7 Å². The molecule has 1 saturated heterocycles. The van der Waals surface area contributed by atoms with Crippen molar-refractivity contribution in [3.05, 3.63) is 29.3 Å². The van der Waals surface area contributed by atoms with Crippen LogP contribution in [0, 0.1) is 19.8 Å². The van der Waals surface area contributed by atoms with Gasteiger partial charge in [0.1, 0.15) is 12.1 Å². The first-order valence-electron chi connectivity index (χ1n) is 8.85. The van der Waals surface area contributed by atoms with E-state index in [9.17, 15) is 14.4 Å². The van der Waals surface area contributed by atoms with Crippen molar-refractivity contribution in [3.8, 4) is 0 Å². The van der Waals surface area contributed by atoms with Gasteiger partial charge in [-0.05, 0) is 49.8 Å². The number of imide groups is 1. The molecule has 134 valence electrons. The molecule has 2 fully saturated rings. The van der Waals surface area contributed by atoms with Crippen molar-refractivity contribution in [1.82, 2.24) is 10.2 Å². The summed E-state index contributed by atoms with van der Waals surface area (Å²) in [4.78, 5) is 38.7. The van der Waals surface area contributed by atoms with Crippen molar-refractivity contribution in [2.75, 3.05) is 11.9 Å². The first kappa shape index (κ1) is 17.5. The Morgan fingerprint density at radius 3 is 2.80 bits per heavy atom. The van der Waals surface area contributed by atoms with Crippen LogP contribution >= 0.6 is 0 Å². The minimum atomic E-state index is -0.825. The van der Waals surface area contributed by atoms with Gasteiger partial charge in [0.05, 0.1) is 0 Å². The standard InChI is InChI=1S/C19H25N3O3/c1-12-7-6-9-15(14(12)3)20-16(23)11-22-17(24)19(21-18(22)25)10-5-4-8-13(19)2/h6-7,9,13H,4-5,8,10-11H2,1-3H3,(H,20,23)(H,21,25)/t13-,19+/m1/s1. The molecule has 2 atom stereocenters. The predicted octanol–water partition coefficient (Wildman–Crippen LogP) is 2.74. The number of amides is 4. The summed E-state index contributed by atoms with van der Waals surface area (Å²) in [5.74, 6) is -0.539. The number of carbonyl (C=O) groups excluding carboxylic acids is 3. The number of urea groups is 1. The van der Waals surface area contributed by atoms with Gasteiger partial charge in [-0.2, -0.15) is 0 Å². The summed E-state index contributed by atoms with van der Waals surface area (Å²) in [6.07, 6.45) is 3.54. The lowest BCUT2D eigenvalue weighted by molar-refractivity contribution is -0.136. The van der Waals surface area contributed by atoms with Crippen LogP contribution in [0.3, 0.4) is 0 Å². The van der Waals surface area contributed by atoms with E-state index in [0.29, 0.717) is 12.1 Å². The third-order valence-electron chi connectivity index (χ3n) is 5.68. The molecule has 0 unspecified atom stereocenters. The molecular weight excluding hydrogens is 318 g/mol. The molecule has 2 aliphatic rings. The quantitative estimate of drug-likeness (QED) is 0.828. The van der Waals surface area contributed by atoms with Crippen LogP contribution in [0.15, 0.2) is 18.2 Å². The lowest BCUT2D eigenvalue weighted by Crippen LogP contribution is -2.54. The van der Waals surface area contributed by atoms with Crippen LogP contribution in [0.4, 0.5) is 10.5 Å². The highest BCUT2D eigenvalue weighted by molar-refractivity contribution is 6.10. The Morgan fingerprint density at radius 2 is 2.08 bits per heavy atom. The second-order valence-electron chi connectivity index (χ2n) is 7.24. The first-order valence-corrected chi connectivity index (χ1v) is 8.85. The number of anilines is 1. The van der Waals surface area contributed by atoms with Crippen molar-refractivity contribution in [2.24, 2.45) is 5.92 Å². The lowest BCUT2D eigenvalue weighted by atomic mass is 9.73. The fourth-order valence-corrected chi connectivity index (χ4v) is 3.86. The number of nitrogens with zero attached hydrogens (tertiary/aromatic N) is 1. The van der Waals surface area contributed by atoms with Crippen molar-refractivity contribution >= 4 is 23.5 Å². The van der Waals surface area contributed by atoms with Crippen molar-refractivity contribution in [1.29, 1.82) is 0 Å². The van der Waals surface area contributed by atoms with Crippen LogP contribution in [0.5, 0.6) is 0 Å². The number of benzene rings is 1. The van der Waals surface area contributed by atoms with Crippen molar-refractivity contribution < 1.29 is 14.4 Å². The van der Waals surface area contributed by atoms with E-state index < -0.39 is 11.6 Å². The zero-order valence-corrected chi connectivity index (χ0v) is 15.0. The maximum Gasteiger partial charge on any atom is 0.325 e. The molecule has 1 aliphatic heterocycles. The monoisotopic (exact) mass is 343 g/mol. The molecule has 1 aliphatic carbocycles. The molecule has 6 nitrogen and oxygen atoms in total. The SMILES string of the molecule is Cc1cccc(NC(=O)CN2C(=O)N[C@]3(CCCC[C@H]3C)C2=O)c1C. The third-order valence-corrected chi connectivity index (χ3v) is 5.68. The normalized spacial score (nSPS) is 26.0.